The Labute approximate surface area is 147 Å². The van der Waals surface area contributed by atoms with Crippen LogP contribution in [0.15, 0.2) is 47.1 Å². The van der Waals surface area contributed by atoms with E-state index in [-0.39, 0.29) is 24.3 Å². The van der Waals surface area contributed by atoms with E-state index in [0.717, 1.165) is 31.7 Å². The third-order valence-electron chi connectivity index (χ3n) is 4.54. The van der Waals surface area contributed by atoms with E-state index < -0.39 is 5.82 Å². The summed E-state index contributed by atoms with van der Waals surface area (Å²) in [5, 5.41) is 0. The van der Waals surface area contributed by atoms with E-state index in [2.05, 4.69) is 11.9 Å². The van der Waals surface area contributed by atoms with Crippen LogP contribution >= 0.6 is 0 Å². The highest BCUT2D eigenvalue weighted by atomic mass is 19.1. The molecule has 134 valence electrons. The Bertz CT molecular complexity index is 682. The van der Waals surface area contributed by atoms with E-state index in [1.807, 2.05) is 12.1 Å². The summed E-state index contributed by atoms with van der Waals surface area (Å²) < 4.78 is 24.5. The van der Waals surface area contributed by atoms with Crippen molar-refractivity contribution in [3.05, 3.63) is 54.2 Å². The van der Waals surface area contributed by atoms with Gasteiger partial charge in [-0.25, -0.2) is 4.39 Å². The molecule has 25 heavy (non-hydrogen) atoms. The van der Waals surface area contributed by atoms with Crippen molar-refractivity contribution >= 4 is 5.91 Å². The van der Waals surface area contributed by atoms with Gasteiger partial charge in [-0.3, -0.25) is 4.79 Å². The van der Waals surface area contributed by atoms with Gasteiger partial charge >= 0.3 is 0 Å². The quantitative estimate of drug-likeness (QED) is 0.807. The first-order valence-corrected chi connectivity index (χ1v) is 8.51. The average Bonchev–Trinajstić information content (AvgIpc) is 3.13. The highest BCUT2D eigenvalue weighted by Gasteiger charge is 2.28. The van der Waals surface area contributed by atoms with Crippen LogP contribution in [0.3, 0.4) is 0 Å². The number of furan rings is 1. The minimum Gasteiger partial charge on any atom is -0.481 e. The summed E-state index contributed by atoms with van der Waals surface area (Å²) >= 11 is 0. The fourth-order valence-electron chi connectivity index (χ4n) is 3.08. The van der Waals surface area contributed by atoms with Crippen molar-refractivity contribution in [2.24, 2.45) is 0 Å². The molecule has 0 atom stereocenters. The molecule has 1 amide bonds. The zero-order valence-electron chi connectivity index (χ0n) is 14.4. The van der Waals surface area contributed by atoms with Crippen LogP contribution in [-0.4, -0.2) is 48.5 Å². The number of nitrogens with zero attached hydrogens (tertiary/aromatic N) is 2. The lowest BCUT2D eigenvalue weighted by atomic mass is 10.0. The molecule has 1 aliphatic rings. The Morgan fingerprint density at radius 2 is 2.04 bits per heavy atom. The fourth-order valence-corrected chi connectivity index (χ4v) is 3.08. The van der Waals surface area contributed by atoms with Crippen LogP contribution in [-0.2, 0) is 11.3 Å². The summed E-state index contributed by atoms with van der Waals surface area (Å²) in [5.41, 5.74) is 0. The second-order valence-electron chi connectivity index (χ2n) is 6.35. The molecule has 0 aliphatic carbocycles. The lowest BCUT2D eigenvalue weighted by Gasteiger charge is -2.37. The number of hydrogen-bond acceptors (Lipinski definition) is 4. The molecule has 0 bridgehead atoms. The smallest absolute Gasteiger partial charge is 0.261 e. The zero-order chi connectivity index (χ0) is 17.6. The van der Waals surface area contributed by atoms with Gasteiger partial charge in [0.2, 0.25) is 0 Å². The van der Waals surface area contributed by atoms with Gasteiger partial charge in [0.25, 0.3) is 5.91 Å². The summed E-state index contributed by atoms with van der Waals surface area (Å²) in [7, 11) is 2.08. The number of likely N-dealkylation sites (tertiary alicyclic amines) is 1. The molecule has 2 aromatic rings. The maximum atomic E-state index is 13.7. The molecule has 3 rings (SSSR count). The molecule has 1 saturated heterocycles. The number of carbonyl (C=O) groups excluding carboxylic acids is 1. The minimum absolute atomic E-state index is 0.0946. The van der Waals surface area contributed by atoms with Crippen LogP contribution in [0.4, 0.5) is 4.39 Å². The molecule has 0 unspecified atom stereocenters. The van der Waals surface area contributed by atoms with Gasteiger partial charge in [-0.05, 0) is 57.2 Å². The van der Waals surface area contributed by atoms with E-state index >= 15 is 0 Å². The minimum atomic E-state index is -0.466. The normalized spacial score (nSPS) is 15.9. The van der Waals surface area contributed by atoms with Crippen LogP contribution < -0.4 is 4.74 Å². The highest BCUT2D eigenvalue weighted by molar-refractivity contribution is 5.78. The number of para-hydroxylation sites is 1. The topological polar surface area (TPSA) is 45.9 Å². The van der Waals surface area contributed by atoms with Crippen LogP contribution in [0, 0.1) is 5.82 Å². The van der Waals surface area contributed by atoms with Crippen LogP contribution in [0.25, 0.3) is 0 Å². The summed E-state index contributed by atoms with van der Waals surface area (Å²) in [5.74, 6) is 0.205. The first-order valence-electron chi connectivity index (χ1n) is 8.51. The van der Waals surface area contributed by atoms with E-state index in [9.17, 15) is 9.18 Å². The molecule has 1 aromatic heterocycles. The Morgan fingerprint density at radius 3 is 2.72 bits per heavy atom. The molecule has 1 fully saturated rings. The van der Waals surface area contributed by atoms with Gasteiger partial charge in [0, 0.05) is 6.04 Å². The second-order valence-corrected chi connectivity index (χ2v) is 6.35. The molecule has 0 saturated carbocycles. The van der Waals surface area contributed by atoms with Gasteiger partial charge in [0.05, 0.1) is 12.8 Å². The van der Waals surface area contributed by atoms with Crippen LogP contribution in [0.1, 0.15) is 18.6 Å². The van der Waals surface area contributed by atoms with Crippen molar-refractivity contribution in [1.29, 1.82) is 0 Å². The molecule has 1 aromatic carbocycles. The fraction of sp³-hybridized carbons (Fsp3) is 0.421. The lowest BCUT2D eigenvalue weighted by molar-refractivity contribution is -0.137. The molecule has 1 aliphatic heterocycles. The number of hydrogen-bond donors (Lipinski definition) is 0. The Morgan fingerprint density at radius 1 is 1.28 bits per heavy atom. The zero-order valence-corrected chi connectivity index (χ0v) is 14.4. The Hall–Kier alpha value is -2.34. The van der Waals surface area contributed by atoms with Gasteiger partial charge in [-0.2, -0.15) is 0 Å². The molecule has 0 N–H and O–H groups in total. The van der Waals surface area contributed by atoms with Gasteiger partial charge < -0.3 is 19.0 Å². The number of halogens is 1. The SMILES string of the molecule is CN1CCC(N(Cc2ccco2)C(=O)COc2ccccc2F)CC1. The van der Waals surface area contributed by atoms with Crippen molar-refractivity contribution in [3.63, 3.8) is 0 Å². The Kier molecular flexibility index (Phi) is 5.71. The van der Waals surface area contributed by atoms with Crippen molar-refractivity contribution in [3.8, 4) is 5.75 Å². The van der Waals surface area contributed by atoms with Crippen molar-refractivity contribution in [1.82, 2.24) is 9.80 Å². The van der Waals surface area contributed by atoms with Crippen LogP contribution in [0.5, 0.6) is 5.75 Å². The van der Waals surface area contributed by atoms with Crippen molar-refractivity contribution in [2.45, 2.75) is 25.4 Å². The monoisotopic (exact) mass is 346 g/mol. The standard InChI is InChI=1S/C19H23FN2O3/c1-21-10-8-15(9-11-21)22(13-16-5-4-12-24-16)19(23)14-25-18-7-3-2-6-17(18)20/h2-7,12,15H,8-11,13-14H2,1H3. The molecule has 5 nitrogen and oxygen atoms in total. The first kappa shape index (κ1) is 17.5. The summed E-state index contributed by atoms with van der Waals surface area (Å²) in [4.78, 5) is 16.8. The van der Waals surface area contributed by atoms with Gasteiger partial charge in [-0.15, -0.1) is 0 Å². The van der Waals surface area contributed by atoms with E-state index in [1.54, 1.807) is 23.3 Å². The number of rotatable bonds is 6. The number of benzene rings is 1. The summed E-state index contributed by atoms with van der Waals surface area (Å²) in [6.45, 7) is 2.11. The molecule has 2 heterocycles. The number of piperidine rings is 1. The van der Waals surface area contributed by atoms with Gasteiger partial charge in [-0.1, -0.05) is 12.1 Å². The third kappa shape index (κ3) is 4.60. The van der Waals surface area contributed by atoms with Gasteiger partial charge in [0.15, 0.2) is 18.2 Å². The number of ether oxygens (including phenoxy) is 1. The van der Waals surface area contributed by atoms with E-state index in [0.29, 0.717) is 6.54 Å². The van der Waals surface area contributed by atoms with Crippen molar-refractivity contribution in [2.75, 3.05) is 26.7 Å². The molecule has 6 heteroatoms. The first-order chi connectivity index (χ1) is 12.1. The number of amides is 1. The summed E-state index contributed by atoms with van der Waals surface area (Å²) in [6.07, 6.45) is 3.41. The van der Waals surface area contributed by atoms with Crippen LogP contribution in [0.2, 0.25) is 0 Å². The Balaban J connectivity index is 1.67. The molecule has 0 spiro atoms. The van der Waals surface area contributed by atoms with Gasteiger partial charge in [0.1, 0.15) is 5.76 Å². The van der Waals surface area contributed by atoms with E-state index in [1.165, 1.54) is 12.1 Å². The third-order valence-corrected chi connectivity index (χ3v) is 4.54. The maximum Gasteiger partial charge on any atom is 0.261 e. The molecule has 0 radical (unpaired) electrons. The predicted octanol–water partition coefficient (Wildman–Crippen LogP) is 2.92. The van der Waals surface area contributed by atoms with E-state index in [4.69, 9.17) is 9.15 Å². The largest absolute Gasteiger partial charge is 0.481 e. The van der Waals surface area contributed by atoms with Crippen molar-refractivity contribution < 1.29 is 18.3 Å². The average molecular weight is 346 g/mol. The molecular formula is C19H23FN2O3. The number of carbonyl (C=O) groups is 1. The highest BCUT2D eigenvalue weighted by Crippen LogP contribution is 2.20. The second kappa shape index (κ2) is 8.16. The molecular weight excluding hydrogens is 323 g/mol. The lowest BCUT2D eigenvalue weighted by Crippen LogP contribution is -2.47. The summed E-state index contributed by atoms with van der Waals surface area (Å²) in [6, 6.07) is 9.91. The maximum absolute atomic E-state index is 13.7. The predicted molar refractivity (Wildman–Crippen MR) is 91.7 cm³/mol.